The number of unbranched alkanes of at least 4 members (excludes halogenated alkanes) is 49. The van der Waals surface area contributed by atoms with E-state index in [4.69, 9.17) is 14.2 Å². The Bertz CT molecular complexity index is 1320. The lowest BCUT2D eigenvalue weighted by molar-refractivity contribution is -0.167. The molecule has 0 saturated carbocycles. The molecule has 0 aliphatic rings. The van der Waals surface area contributed by atoms with Crippen LogP contribution < -0.4 is 0 Å². The van der Waals surface area contributed by atoms with Crippen molar-refractivity contribution in [3.63, 3.8) is 0 Å². The minimum absolute atomic E-state index is 0.0764. The monoisotopic (exact) mass is 1110 g/mol. The van der Waals surface area contributed by atoms with Crippen LogP contribution in [0.5, 0.6) is 0 Å². The molecule has 0 bridgehead atoms. The molecular weight excluding hydrogens is 973 g/mol. The molecule has 0 aromatic carbocycles. The highest BCUT2D eigenvalue weighted by atomic mass is 16.6. The predicted molar refractivity (Wildman–Crippen MR) is 344 cm³/mol. The lowest BCUT2D eigenvalue weighted by Crippen LogP contribution is -2.30. The molecule has 1 atom stereocenters. The third-order valence-corrected chi connectivity index (χ3v) is 16.1. The molecule has 1 unspecified atom stereocenters. The highest BCUT2D eigenvalue weighted by Crippen LogP contribution is 2.19. The maximum absolute atomic E-state index is 12.9. The van der Waals surface area contributed by atoms with E-state index in [1.54, 1.807) is 0 Å². The zero-order valence-electron chi connectivity index (χ0n) is 53.4. The maximum atomic E-state index is 12.9. The Balaban J connectivity index is 4.14. The van der Waals surface area contributed by atoms with Crippen LogP contribution in [0.1, 0.15) is 393 Å². The molecule has 0 saturated heterocycles. The molecule has 0 fully saturated rings. The number of carbonyl (C=O) groups excluding carboxylic acids is 3. The smallest absolute Gasteiger partial charge is 0.306 e. The summed E-state index contributed by atoms with van der Waals surface area (Å²) in [5.74, 6) is -0.874. The van der Waals surface area contributed by atoms with Crippen LogP contribution in [0.4, 0.5) is 0 Å². The summed E-state index contributed by atoms with van der Waals surface area (Å²) < 4.78 is 16.9. The van der Waals surface area contributed by atoms with Gasteiger partial charge >= 0.3 is 17.9 Å². The van der Waals surface area contributed by atoms with Crippen LogP contribution in [0.25, 0.3) is 0 Å². The molecule has 6 heteroatoms. The summed E-state index contributed by atoms with van der Waals surface area (Å²) in [6, 6.07) is 0. The highest BCUT2D eigenvalue weighted by molar-refractivity contribution is 5.71. The van der Waals surface area contributed by atoms with E-state index in [0.29, 0.717) is 19.3 Å². The molecule has 0 rings (SSSR count). The first-order valence-electron chi connectivity index (χ1n) is 35.5. The normalized spacial score (nSPS) is 12.2. The van der Waals surface area contributed by atoms with Gasteiger partial charge in [-0.05, 0) is 77.0 Å². The lowest BCUT2D eigenvalue weighted by atomic mass is 10.0. The Kier molecular flexibility index (Phi) is 66.1. The van der Waals surface area contributed by atoms with Gasteiger partial charge in [-0.15, -0.1) is 0 Å². The van der Waals surface area contributed by atoms with Gasteiger partial charge in [0.05, 0.1) is 0 Å². The van der Waals surface area contributed by atoms with Crippen LogP contribution in [0.2, 0.25) is 0 Å². The second kappa shape index (κ2) is 68.1. The van der Waals surface area contributed by atoms with E-state index >= 15 is 0 Å². The van der Waals surface area contributed by atoms with Gasteiger partial charge in [-0.25, -0.2) is 0 Å². The van der Waals surface area contributed by atoms with E-state index in [1.807, 2.05) is 0 Å². The summed E-state index contributed by atoms with van der Waals surface area (Å²) in [4.78, 5) is 38.3. The zero-order valence-corrected chi connectivity index (χ0v) is 53.4. The molecule has 0 heterocycles. The summed E-state index contributed by atoms with van der Waals surface area (Å²) >= 11 is 0. The van der Waals surface area contributed by atoms with Gasteiger partial charge in [0, 0.05) is 19.3 Å². The molecule has 0 spiro atoms. The minimum atomic E-state index is -0.782. The summed E-state index contributed by atoms with van der Waals surface area (Å²) in [5, 5.41) is 0. The van der Waals surface area contributed by atoms with Gasteiger partial charge < -0.3 is 14.2 Å². The van der Waals surface area contributed by atoms with Crippen molar-refractivity contribution in [2.24, 2.45) is 0 Å². The van der Waals surface area contributed by atoms with E-state index < -0.39 is 6.10 Å². The van der Waals surface area contributed by atoms with E-state index in [2.05, 4.69) is 57.2 Å². The molecule has 0 amide bonds. The van der Waals surface area contributed by atoms with E-state index in [0.717, 1.165) is 89.9 Å². The minimum Gasteiger partial charge on any atom is -0.462 e. The second-order valence-electron chi connectivity index (χ2n) is 24.1. The second-order valence-corrected chi connectivity index (χ2v) is 24.1. The van der Waals surface area contributed by atoms with Crippen LogP contribution in [0, 0.1) is 0 Å². The maximum Gasteiger partial charge on any atom is 0.306 e. The first-order chi connectivity index (χ1) is 39.0. The third-order valence-electron chi connectivity index (χ3n) is 16.1. The molecule has 0 aliphatic carbocycles. The van der Waals surface area contributed by atoms with E-state index in [1.165, 1.54) is 263 Å². The third kappa shape index (κ3) is 66.3. The van der Waals surface area contributed by atoms with Crippen LogP contribution in [-0.4, -0.2) is 37.2 Å². The fourth-order valence-corrected chi connectivity index (χ4v) is 10.8. The first kappa shape index (κ1) is 76.6. The van der Waals surface area contributed by atoms with Crippen LogP contribution in [0.15, 0.2) is 36.5 Å². The van der Waals surface area contributed by atoms with Crippen LogP contribution in [0.3, 0.4) is 0 Å². The van der Waals surface area contributed by atoms with Crippen molar-refractivity contribution in [2.75, 3.05) is 13.2 Å². The van der Waals surface area contributed by atoms with Crippen molar-refractivity contribution >= 4 is 17.9 Å². The number of hydrogen-bond acceptors (Lipinski definition) is 6. The van der Waals surface area contributed by atoms with Gasteiger partial charge in [-0.3, -0.25) is 14.4 Å². The molecular formula is C73H136O6. The lowest BCUT2D eigenvalue weighted by Gasteiger charge is -2.18. The SMILES string of the molecule is CCCCC/C=C\C/C=C\CCCCCCCC(=O)OC(COC(=O)CCCCCCC/C=C\CCCCCCCC)COC(=O)CCCCCCCCCCCCCCCCCCCCCCCCCCCCCCCCC. The largest absolute Gasteiger partial charge is 0.462 e. The number of esters is 3. The molecule has 0 aliphatic heterocycles. The van der Waals surface area contributed by atoms with Crippen molar-refractivity contribution in [1.82, 2.24) is 0 Å². The molecule has 0 N–H and O–H groups in total. The van der Waals surface area contributed by atoms with Crippen molar-refractivity contribution in [2.45, 2.75) is 399 Å². The fourth-order valence-electron chi connectivity index (χ4n) is 10.8. The molecule has 464 valence electrons. The topological polar surface area (TPSA) is 78.9 Å². The molecule has 79 heavy (non-hydrogen) atoms. The van der Waals surface area contributed by atoms with Gasteiger partial charge in [-0.2, -0.15) is 0 Å². The summed E-state index contributed by atoms with van der Waals surface area (Å²) in [6.45, 7) is 6.66. The first-order valence-corrected chi connectivity index (χ1v) is 35.5. The Morgan fingerprint density at radius 2 is 0.456 bits per heavy atom. The van der Waals surface area contributed by atoms with Gasteiger partial charge in [0.1, 0.15) is 13.2 Å². The number of rotatable bonds is 66. The van der Waals surface area contributed by atoms with Crippen molar-refractivity contribution < 1.29 is 28.6 Å². The average Bonchev–Trinajstić information content (AvgIpc) is 3.45. The van der Waals surface area contributed by atoms with Crippen molar-refractivity contribution in [1.29, 1.82) is 0 Å². The average molecular weight is 1110 g/mol. The summed E-state index contributed by atoms with van der Waals surface area (Å²) in [6.07, 6.45) is 84.8. The molecule has 6 nitrogen and oxygen atoms in total. The summed E-state index contributed by atoms with van der Waals surface area (Å²) in [7, 11) is 0. The Morgan fingerprint density at radius 1 is 0.253 bits per heavy atom. The quantitative estimate of drug-likeness (QED) is 0.0261. The number of carbonyl (C=O) groups is 3. The van der Waals surface area contributed by atoms with E-state index in [-0.39, 0.29) is 31.1 Å². The standard InChI is InChI=1S/C73H136O6/c1-4-7-10-13-16-19-22-25-28-29-30-31-32-33-34-35-36-37-38-39-40-41-42-43-46-48-51-54-57-60-63-66-72(75)78-69-70(79-73(76)67-64-61-58-55-52-49-45-27-24-21-18-15-12-9-6-3)68-77-71(74)65-62-59-56-53-50-47-44-26-23-20-17-14-11-8-5-2/h18,21,26-27,44-45,70H,4-17,19-20,22-25,28-43,46-69H2,1-3H3/b21-18-,44-26-,45-27-. The van der Waals surface area contributed by atoms with Gasteiger partial charge in [-0.1, -0.05) is 333 Å². The zero-order chi connectivity index (χ0) is 57.1. The Morgan fingerprint density at radius 3 is 0.734 bits per heavy atom. The number of ether oxygens (including phenoxy) is 3. The van der Waals surface area contributed by atoms with Gasteiger partial charge in [0.25, 0.3) is 0 Å². The molecule has 0 aromatic heterocycles. The van der Waals surface area contributed by atoms with Gasteiger partial charge in [0.2, 0.25) is 0 Å². The van der Waals surface area contributed by atoms with Crippen LogP contribution in [-0.2, 0) is 28.6 Å². The predicted octanol–water partition coefficient (Wildman–Crippen LogP) is 24.3. The highest BCUT2D eigenvalue weighted by Gasteiger charge is 2.19. The Hall–Kier alpha value is -2.37. The van der Waals surface area contributed by atoms with E-state index in [9.17, 15) is 14.4 Å². The number of hydrogen-bond donors (Lipinski definition) is 0. The fraction of sp³-hybridized carbons (Fsp3) is 0.877. The van der Waals surface area contributed by atoms with Crippen LogP contribution >= 0.6 is 0 Å². The number of allylic oxidation sites excluding steroid dienone is 6. The van der Waals surface area contributed by atoms with Gasteiger partial charge in [0.15, 0.2) is 6.10 Å². The Labute approximate surface area is 493 Å². The molecule has 0 aromatic rings. The van der Waals surface area contributed by atoms with Crippen molar-refractivity contribution in [3.8, 4) is 0 Å². The molecule has 0 radical (unpaired) electrons. The van der Waals surface area contributed by atoms with Crippen molar-refractivity contribution in [3.05, 3.63) is 36.5 Å². The summed E-state index contributed by atoms with van der Waals surface area (Å²) in [5.41, 5.74) is 0.